The molecule has 2 aromatic rings. The molecular weight excluding hydrogens is 287 g/mol. The molecule has 0 fully saturated rings. The van der Waals surface area contributed by atoms with Crippen LogP contribution in [0.15, 0.2) is 42.7 Å². The molecule has 0 saturated carbocycles. The van der Waals surface area contributed by atoms with Crippen LogP contribution in [0.1, 0.15) is 25.0 Å². The van der Waals surface area contributed by atoms with E-state index in [1.54, 1.807) is 18.5 Å². The largest absolute Gasteiger partial charge is 0.372 e. The van der Waals surface area contributed by atoms with Crippen molar-refractivity contribution in [3.05, 3.63) is 64.7 Å². The molecule has 1 heterocycles. The van der Waals surface area contributed by atoms with Crippen LogP contribution in [0.25, 0.3) is 11.8 Å². The molecule has 1 aromatic carbocycles. The van der Waals surface area contributed by atoms with E-state index in [1.165, 1.54) is 12.1 Å². The van der Waals surface area contributed by atoms with Crippen LogP contribution in [0.3, 0.4) is 0 Å². The number of benzene rings is 1. The second kappa shape index (κ2) is 7.23. The van der Waals surface area contributed by atoms with Crippen molar-refractivity contribution < 1.29 is 4.39 Å². The van der Waals surface area contributed by atoms with Gasteiger partial charge in [0.15, 0.2) is 0 Å². The zero-order chi connectivity index (χ0) is 15.2. The van der Waals surface area contributed by atoms with Gasteiger partial charge in [0.25, 0.3) is 0 Å². The Hall–Kier alpha value is -1.87. The predicted octanol–water partition coefficient (Wildman–Crippen LogP) is 4.71. The summed E-state index contributed by atoms with van der Waals surface area (Å²) in [4.78, 5) is 6.31. The minimum atomic E-state index is -0.330. The van der Waals surface area contributed by atoms with Gasteiger partial charge in [-0.1, -0.05) is 17.7 Å². The van der Waals surface area contributed by atoms with Gasteiger partial charge in [0.1, 0.15) is 5.82 Å². The van der Waals surface area contributed by atoms with Crippen molar-refractivity contribution in [2.45, 2.75) is 13.8 Å². The molecule has 0 unspecified atom stereocenters. The van der Waals surface area contributed by atoms with Crippen molar-refractivity contribution in [3.8, 4) is 0 Å². The van der Waals surface area contributed by atoms with Gasteiger partial charge in [-0.2, -0.15) is 0 Å². The molecule has 0 N–H and O–H groups in total. The maximum Gasteiger partial charge on any atom is 0.124 e. The van der Waals surface area contributed by atoms with E-state index in [4.69, 9.17) is 11.6 Å². The third-order valence-corrected chi connectivity index (χ3v) is 3.61. The van der Waals surface area contributed by atoms with Crippen molar-refractivity contribution in [2.24, 2.45) is 0 Å². The molecule has 21 heavy (non-hydrogen) atoms. The Balaban J connectivity index is 2.53. The number of hydrogen-bond acceptors (Lipinski definition) is 2. The van der Waals surface area contributed by atoms with Crippen LogP contribution < -0.4 is 0 Å². The Morgan fingerprint density at radius 3 is 2.62 bits per heavy atom. The molecule has 4 heteroatoms. The van der Waals surface area contributed by atoms with Crippen LogP contribution in [-0.2, 0) is 0 Å². The summed E-state index contributed by atoms with van der Waals surface area (Å²) in [6, 6.07) is 8.36. The Morgan fingerprint density at radius 2 is 2.05 bits per heavy atom. The van der Waals surface area contributed by atoms with Crippen LogP contribution in [0.2, 0.25) is 5.02 Å². The van der Waals surface area contributed by atoms with E-state index in [9.17, 15) is 4.39 Å². The molecule has 110 valence electrons. The average Bonchev–Trinajstić information content (AvgIpc) is 2.49. The molecule has 0 radical (unpaired) electrons. The van der Waals surface area contributed by atoms with E-state index in [-0.39, 0.29) is 5.82 Å². The Labute approximate surface area is 129 Å². The van der Waals surface area contributed by atoms with Gasteiger partial charge < -0.3 is 4.90 Å². The molecule has 0 amide bonds. The second-order valence-electron chi connectivity index (χ2n) is 4.61. The zero-order valence-electron chi connectivity index (χ0n) is 12.2. The Morgan fingerprint density at radius 1 is 1.29 bits per heavy atom. The highest BCUT2D eigenvalue weighted by atomic mass is 35.5. The number of halogens is 2. The first kappa shape index (κ1) is 15.5. The van der Waals surface area contributed by atoms with Crippen molar-refractivity contribution in [1.82, 2.24) is 9.88 Å². The molecular formula is C17H18ClFN2. The molecule has 0 aliphatic carbocycles. The average molecular weight is 305 g/mol. The van der Waals surface area contributed by atoms with Crippen LogP contribution in [0, 0.1) is 5.82 Å². The maximum atomic E-state index is 13.3. The van der Waals surface area contributed by atoms with Gasteiger partial charge in [-0.3, -0.25) is 4.98 Å². The molecule has 2 nitrogen and oxygen atoms in total. The maximum absolute atomic E-state index is 13.3. The monoisotopic (exact) mass is 304 g/mol. The Kier molecular flexibility index (Phi) is 5.34. The first-order chi connectivity index (χ1) is 10.2. The fourth-order valence-corrected chi connectivity index (χ4v) is 2.48. The summed E-state index contributed by atoms with van der Waals surface area (Å²) in [6.07, 6.45) is 5.55. The number of aromatic nitrogens is 1. The number of rotatable bonds is 5. The van der Waals surface area contributed by atoms with Crippen LogP contribution >= 0.6 is 11.6 Å². The highest BCUT2D eigenvalue weighted by Gasteiger charge is 2.13. The van der Waals surface area contributed by atoms with Crippen molar-refractivity contribution in [1.29, 1.82) is 0 Å². The third kappa shape index (κ3) is 3.82. The molecule has 0 aliphatic rings. The van der Waals surface area contributed by atoms with E-state index >= 15 is 0 Å². The highest BCUT2D eigenvalue weighted by molar-refractivity contribution is 6.32. The van der Waals surface area contributed by atoms with Crippen LogP contribution in [-0.4, -0.2) is 23.0 Å². The summed E-state index contributed by atoms with van der Waals surface area (Å²) >= 11 is 6.23. The van der Waals surface area contributed by atoms with Gasteiger partial charge in [-0.15, -0.1) is 0 Å². The minimum Gasteiger partial charge on any atom is -0.372 e. The first-order valence-corrected chi connectivity index (χ1v) is 7.35. The number of hydrogen-bond donors (Lipinski definition) is 0. The summed E-state index contributed by atoms with van der Waals surface area (Å²) in [5.74, 6) is -0.330. The van der Waals surface area contributed by atoms with Crippen LogP contribution in [0.5, 0.6) is 0 Å². The van der Waals surface area contributed by atoms with Gasteiger partial charge in [-0.25, -0.2) is 4.39 Å². The molecule has 0 spiro atoms. The molecule has 0 aliphatic heterocycles. The summed E-state index contributed by atoms with van der Waals surface area (Å²) in [5.41, 5.74) is 2.78. The minimum absolute atomic E-state index is 0.330. The number of pyridine rings is 1. The fraction of sp³-hybridized carbons (Fsp3) is 0.235. The first-order valence-electron chi connectivity index (χ1n) is 6.97. The molecule has 2 rings (SSSR count). The lowest BCUT2D eigenvalue weighted by atomic mass is 10.1. The highest BCUT2D eigenvalue weighted by Crippen LogP contribution is 2.29. The summed E-state index contributed by atoms with van der Waals surface area (Å²) < 4.78 is 13.3. The fourth-order valence-electron chi connectivity index (χ4n) is 2.22. The third-order valence-electron chi connectivity index (χ3n) is 3.30. The van der Waals surface area contributed by atoms with Gasteiger partial charge in [0.2, 0.25) is 0 Å². The number of nitrogens with zero attached hydrogens (tertiary/aromatic N) is 2. The summed E-state index contributed by atoms with van der Waals surface area (Å²) in [5, 5.41) is 0.414. The van der Waals surface area contributed by atoms with Crippen molar-refractivity contribution in [2.75, 3.05) is 13.1 Å². The molecule has 0 bridgehead atoms. The lowest BCUT2D eigenvalue weighted by Gasteiger charge is -2.25. The van der Waals surface area contributed by atoms with Crippen LogP contribution in [0.4, 0.5) is 4.39 Å². The molecule has 0 saturated heterocycles. The summed E-state index contributed by atoms with van der Waals surface area (Å²) in [6.45, 7) is 5.85. The van der Waals surface area contributed by atoms with Crippen molar-refractivity contribution >= 4 is 23.4 Å². The lowest BCUT2D eigenvalue weighted by molar-refractivity contribution is 0.443. The summed E-state index contributed by atoms with van der Waals surface area (Å²) in [7, 11) is 0. The second-order valence-corrected chi connectivity index (χ2v) is 5.02. The Bertz CT molecular complexity index is 622. The van der Waals surface area contributed by atoms with Gasteiger partial charge >= 0.3 is 0 Å². The van der Waals surface area contributed by atoms with E-state index in [2.05, 4.69) is 23.7 Å². The van der Waals surface area contributed by atoms with E-state index < -0.39 is 0 Å². The normalized spacial score (nSPS) is 11.5. The zero-order valence-corrected chi connectivity index (χ0v) is 12.9. The van der Waals surface area contributed by atoms with E-state index in [0.717, 1.165) is 29.9 Å². The van der Waals surface area contributed by atoms with E-state index in [1.807, 2.05) is 18.2 Å². The lowest BCUT2D eigenvalue weighted by Crippen LogP contribution is -2.21. The van der Waals surface area contributed by atoms with Gasteiger partial charge in [-0.05, 0) is 49.8 Å². The smallest absolute Gasteiger partial charge is 0.124 e. The standard InChI is InChI=1S/C17H18ClFN2/c1-3-21(4-2)17(10-13-6-5-9-20-12-13)15-8-7-14(19)11-16(15)18/h5-12H,3-4H2,1-2H3/b17-10-. The topological polar surface area (TPSA) is 16.1 Å². The van der Waals surface area contributed by atoms with Crippen molar-refractivity contribution in [3.63, 3.8) is 0 Å². The molecule has 1 aromatic heterocycles. The molecule has 0 atom stereocenters. The SMILES string of the molecule is CCN(CC)/C(=C\c1cccnc1)c1ccc(F)cc1Cl. The predicted molar refractivity (Wildman–Crippen MR) is 86.4 cm³/mol. The van der Waals surface area contributed by atoms with Gasteiger partial charge in [0.05, 0.1) is 5.02 Å². The quantitative estimate of drug-likeness (QED) is 0.795. The van der Waals surface area contributed by atoms with Gasteiger partial charge in [0, 0.05) is 36.7 Å². The van der Waals surface area contributed by atoms with E-state index in [0.29, 0.717) is 5.02 Å².